The lowest BCUT2D eigenvalue weighted by atomic mass is 9.97. The van der Waals surface area contributed by atoms with Crippen LogP contribution < -0.4 is 10.6 Å². The molecule has 0 aliphatic rings. The summed E-state index contributed by atoms with van der Waals surface area (Å²) < 4.78 is 0. The van der Waals surface area contributed by atoms with Crippen molar-refractivity contribution in [1.82, 2.24) is 10.3 Å². The lowest BCUT2D eigenvalue weighted by molar-refractivity contribution is 0.384. The molecule has 0 amide bonds. The van der Waals surface area contributed by atoms with Crippen LogP contribution in [0.5, 0.6) is 0 Å². The molecule has 0 saturated heterocycles. The second kappa shape index (κ2) is 6.42. The van der Waals surface area contributed by atoms with Crippen molar-refractivity contribution >= 4 is 28.2 Å². The number of aromatic nitrogens is 1. The van der Waals surface area contributed by atoms with Crippen LogP contribution in [0.2, 0.25) is 5.02 Å². The Kier molecular flexibility index (Phi) is 4.84. The Hall–Kier alpha value is -1.32. The minimum Gasteiger partial charge on any atom is -0.383 e. The third-order valence-corrected chi connectivity index (χ3v) is 3.21. The Balaban J connectivity index is 1.93. The number of halogens is 1. The van der Waals surface area contributed by atoms with Gasteiger partial charge in [-0.25, -0.2) is 0 Å². The van der Waals surface area contributed by atoms with Crippen LogP contribution in [-0.2, 0) is 0 Å². The van der Waals surface area contributed by atoms with Gasteiger partial charge in [-0.05, 0) is 29.7 Å². The van der Waals surface area contributed by atoms with Gasteiger partial charge in [0.05, 0.1) is 5.52 Å². The first-order chi connectivity index (χ1) is 9.46. The van der Waals surface area contributed by atoms with Crippen LogP contribution in [0.1, 0.15) is 20.8 Å². The van der Waals surface area contributed by atoms with Crippen molar-refractivity contribution in [3.63, 3.8) is 0 Å². The highest BCUT2D eigenvalue weighted by Gasteiger charge is 2.08. The Morgan fingerprint density at radius 3 is 2.70 bits per heavy atom. The number of fused-ring (bicyclic) bond motifs is 1. The molecular formula is C16H22ClN3. The fourth-order valence-corrected chi connectivity index (χ4v) is 2.19. The van der Waals surface area contributed by atoms with Gasteiger partial charge in [-0.3, -0.25) is 4.98 Å². The zero-order valence-electron chi connectivity index (χ0n) is 12.3. The summed E-state index contributed by atoms with van der Waals surface area (Å²) in [6.45, 7) is 9.53. The van der Waals surface area contributed by atoms with Gasteiger partial charge in [0.15, 0.2) is 0 Å². The van der Waals surface area contributed by atoms with Gasteiger partial charge in [0, 0.05) is 41.9 Å². The van der Waals surface area contributed by atoms with Crippen molar-refractivity contribution in [2.24, 2.45) is 5.41 Å². The van der Waals surface area contributed by atoms with E-state index in [-0.39, 0.29) is 0 Å². The molecule has 0 aliphatic carbocycles. The molecule has 2 N–H and O–H groups in total. The molecule has 108 valence electrons. The fraction of sp³-hybridized carbons (Fsp3) is 0.438. The van der Waals surface area contributed by atoms with Crippen LogP contribution in [0.4, 0.5) is 5.69 Å². The van der Waals surface area contributed by atoms with Gasteiger partial charge >= 0.3 is 0 Å². The third-order valence-electron chi connectivity index (χ3n) is 2.98. The Morgan fingerprint density at radius 2 is 1.95 bits per heavy atom. The van der Waals surface area contributed by atoms with Crippen LogP contribution in [0.25, 0.3) is 10.9 Å². The molecule has 0 saturated carbocycles. The molecule has 3 nitrogen and oxygen atoms in total. The predicted molar refractivity (Wildman–Crippen MR) is 87.6 cm³/mol. The van der Waals surface area contributed by atoms with E-state index in [1.54, 1.807) is 0 Å². The van der Waals surface area contributed by atoms with E-state index in [2.05, 4.69) is 36.4 Å². The SMILES string of the molecule is CC(C)(C)CNCCNc1ccnc2cc(Cl)ccc12. The first-order valence-electron chi connectivity index (χ1n) is 6.95. The largest absolute Gasteiger partial charge is 0.383 e. The minimum atomic E-state index is 0.320. The highest BCUT2D eigenvalue weighted by Crippen LogP contribution is 2.24. The van der Waals surface area contributed by atoms with Crippen LogP contribution in [0.3, 0.4) is 0 Å². The summed E-state index contributed by atoms with van der Waals surface area (Å²) in [5.74, 6) is 0. The predicted octanol–water partition coefficient (Wildman–Crippen LogP) is 3.94. The van der Waals surface area contributed by atoms with Crippen LogP contribution in [-0.4, -0.2) is 24.6 Å². The summed E-state index contributed by atoms with van der Waals surface area (Å²) in [6.07, 6.45) is 1.81. The molecule has 2 rings (SSSR count). The van der Waals surface area contributed by atoms with E-state index in [9.17, 15) is 0 Å². The summed E-state index contributed by atoms with van der Waals surface area (Å²) in [4.78, 5) is 4.34. The van der Waals surface area contributed by atoms with Crippen molar-refractivity contribution in [2.75, 3.05) is 25.0 Å². The summed E-state index contributed by atoms with van der Waals surface area (Å²) in [6, 6.07) is 7.80. The molecule has 0 fully saturated rings. The average Bonchev–Trinajstić information content (AvgIpc) is 2.36. The summed E-state index contributed by atoms with van der Waals surface area (Å²) >= 11 is 5.99. The highest BCUT2D eigenvalue weighted by molar-refractivity contribution is 6.31. The number of nitrogens with one attached hydrogen (secondary N) is 2. The lowest BCUT2D eigenvalue weighted by Crippen LogP contribution is -2.30. The lowest BCUT2D eigenvalue weighted by Gasteiger charge is -2.19. The molecular weight excluding hydrogens is 270 g/mol. The second-order valence-corrected chi connectivity index (χ2v) is 6.62. The molecule has 0 aliphatic heterocycles. The standard InChI is InChI=1S/C16H22ClN3/c1-16(2,3)11-18-8-9-20-14-6-7-19-15-10-12(17)4-5-13(14)15/h4-7,10,18H,8-9,11H2,1-3H3,(H,19,20). The van der Waals surface area contributed by atoms with Crippen LogP contribution in [0, 0.1) is 5.41 Å². The number of nitrogens with zero attached hydrogens (tertiary/aromatic N) is 1. The molecule has 0 bridgehead atoms. The molecule has 0 radical (unpaired) electrons. The van der Waals surface area contributed by atoms with E-state index in [1.165, 1.54) is 0 Å². The normalized spacial score (nSPS) is 11.8. The Labute approximate surface area is 125 Å². The molecule has 0 unspecified atom stereocenters. The van der Waals surface area contributed by atoms with Crippen molar-refractivity contribution in [1.29, 1.82) is 0 Å². The second-order valence-electron chi connectivity index (χ2n) is 6.18. The van der Waals surface area contributed by atoms with Gasteiger partial charge in [0.25, 0.3) is 0 Å². The maximum absolute atomic E-state index is 5.99. The number of hydrogen-bond donors (Lipinski definition) is 2. The van der Waals surface area contributed by atoms with E-state index < -0.39 is 0 Å². The van der Waals surface area contributed by atoms with Crippen molar-refractivity contribution < 1.29 is 0 Å². The number of anilines is 1. The smallest absolute Gasteiger partial charge is 0.0737 e. The van der Waals surface area contributed by atoms with E-state index >= 15 is 0 Å². The third kappa shape index (κ3) is 4.36. The van der Waals surface area contributed by atoms with Gasteiger partial charge in [0.2, 0.25) is 0 Å². The molecule has 2 aromatic rings. The first-order valence-corrected chi connectivity index (χ1v) is 7.32. The molecule has 0 atom stereocenters. The minimum absolute atomic E-state index is 0.320. The van der Waals surface area contributed by atoms with E-state index in [0.29, 0.717) is 10.4 Å². The van der Waals surface area contributed by atoms with Gasteiger partial charge in [-0.15, -0.1) is 0 Å². The Bertz CT molecular complexity index is 575. The van der Waals surface area contributed by atoms with E-state index in [1.807, 2.05) is 30.5 Å². The molecule has 4 heteroatoms. The van der Waals surface area contributed by atoms with Crippen LogP contribution >= 0.6 is 11.6 Å². The zero-order valence-corrected chi connectivity index (χ0v) is 13.1. The quantitative estimate of drug-likeness (QED) is 0.820. The molecule has 20 heavy (non-hydrogen) atoms. The number of pyridine rings is 1. The van der Waals surface area contributed by atoms with E-state index in [4.69, 9.17) is 11.6 Å². The van der Waals surface area contributed by atoms with E-state index in [0.717, 1.165) is 36.2 Å². The monoisotopic (exact) mass is 291 g/mol. The fourth-order valence-electron chi connectivity index (χ4n) is 2.02. The summed E-state index contributed by atoms with van der Waals surface area (Å²) in [7, 11) is 0. The average molecular weight is 292 g/mol. The molecule has 1 heterocycles. The first kappa shape index (κ1) is 15.1. The maximum Gasteiger partial charge on any atom is 0.0737 e. The van der Waals surface area contributed by atoms with Gasteiger partial charge in [0.1, 0.15) is 0 Å². The number of benzene rings is 1. The highest BCUT2D eigenvalue weighted by atomic mass is 35.5. The molecule has 1 aromatic heterocycles. The van der Waals surface area contributed by atoms with Crippen molar-refractivity contribution in [3.05, 3.63) is 35.5 Å². The maximum atomic E-state index is 5.99. The number of hydrogen-bond acceptors (Lipinski definition) is 3. The van der Waals surface area contributed by atoms with Gasteiger partial charge in [-0.2, -0.15) is 0 Å². The van der Waals surface area contributed by atoms with Crippen LogP contribution in [0.15, 0.2) is 30.5 Å². The number of rotatable bonds is 5. The zero-order chi connectivity index (χ0) is 14.6. The summed E-state index contributed by atoms with van der Waals surface area (Å²) in [5.41, 5.74) is 2.34. The van der Waals surface area contributed by atoms with Crippen molar-refractivity contribution in [2.45, 2.75) is 20.8 Å². The Morgan fingerprint density at radius 1 is 1.15 bits per heavy atom. The topological polar surface area (TPSA) is 37.0 Å². The van der Waals surface area contributed by atoms with Gasteiger partial charge in [-0.1, -0.05) is 32.4 Å². The van der Waals surface area contributed by atoms with Gasteiger partial charge < -0.3 is 10.6 Å². The molecule has 0 spiro atoms. The van der Waals surface area contributed by atoms with Crippen molar-refractivity contribution in [3.8, 4) is 0 Å². The molecule has 1 aromatic carbocycles. The summed E-state index contributed by atoms with van der Waals surface area (Å²) in [5, 5.41) is 8.72.